The number of carbonyl (C=O) groups is 3. The summed E-state index contributed by atoms with van der Waals surface area (Å²) in [4.78, 5) is 63.5. The van der Waals surface area contributed by atoms with Crippen LogP contribution in [0, 0.1) is 0 Å². The summed E-state index contributed by atoms with van der Waals surface area (Å²) in [7, 11) is 1.78. The molecular weight excluding hydrogens is 446 g/mol. The molecule has 0 spiro atoms. The molecule has 1 aromatic carbocycles. The van der Waals surface area contributed by atoms with Gasteiger partial charge in [-0.25, -0.2) is 14.8 Å². The Bertz CT molecular complexity index is 1290. The van der Waals surface area contributed by atoms with Crippen LogP contribution in [0.1, 0.15) is 22.5 Å². The van der Waals surface area contributed by atoms with Crippen LogP contribution in [0.3, 0.4) is 0 Å². The van der Waals surface area contributed by atoms with Crippen molar-refractivity contribution < 1.29 is 19.5 Å². The Labute approximate surface area is 192 Å². The standard InChI is InChI=1S/C20H23N9O5/c1-29(8-10-7-24-16-14(25-10)18(32)28-20(23)27-16)11-4-2-9(3-5-11)17(31)26-13(19(33)34)6-12(21)15(22)30/h2-5,7,12-13H,6,8,21H2,1H3,(H2,22,30)(H,26,31)(H,33,34)(H3,23,24,27,28,32)/t12?,13-/m0/s1. The SMILES string of the molecule is CN(Cc1cnc2nc(N)[nH]c(=O)c2n1)c1ccc(C(=O)N[C@@H](CC(N)C(N)=O)C(=O)O)cc1. The summed E-state index contributed by atoms with van der Waals surface area (Å²) in [6.45, 7) is 0.296. The number of aromatic nitrogens is 4. The zero-order valence-corrected chi connectivity index (χ0v) is 18.1. The van der Waals surface area contributed by atoms with E-state index in [1.807, 2.05) is 4.90 Å². The number of rotatable bonds is 9. The molecule has 0 saturated heterocycles. The Balaban J connectivity index is 1.69. The maximum Gasteiger partial charge on any atom is 0.326 e. The third kappa shape index (κ3) is 5.60. The van der Waals surface area contributed by atoms with Crippen molar-refractivity contribution in [3.63, 3.8) is 0 Å². The molecule has 2 heterocycles. The fraction of sp³-hybridized carbons (Fsp3) is 0.250. The molecule has 0 aliphatic heterocycles. The largest absolute Gasteiger partial charge is 0.480 e. The zero-order valence-electron chi connectivity index (χ0n) is 18.1. The molecule has 1 unspecified atom stereocenters. The van der Waals surface area contributed by atoms with E-state index in [2.05, 4.69) is 25.3 Å². The number of nitrogens with two attached hydrogens (primary N) is 3. The topological polar surface area (TPSA) is 236 Å². The van der Waals surface area contributed by atoms with E-state index in [0.717, 1.165) is 0 Å². The van der Waals surface area contributed by atoms with Gasteiger partial charge in [0, 0.05) is 24.7 Å². The Morgan fingerprint density at radius 2 is 1.88 bits per heavy atom. The predicted molar refractivity (Wildman–Crippen MR) is 122 cm³/mol. The number of hydrogen-bond donors (Lipinski definition) is 6. The molecule has 9 N–H and O–H groups in total. The van der Waals surface area contributed by atoms with Crippen LogP contribution in [0.4, 0.5) is 11.6 Å². The predicted octanol–water partition coefficient (Wildman–Crippen LogP) is -1.68. The minimum Gasteiger partial charge on any atom is -0.480 e. The van der Waals surface area contributed by atoms with Gasteiger partial charge >= 0.3 is 5.97 Å². The Hall–Kier alpha value is -4.59. The third-order valence-electron chi connectivity index (χ3n) is 4.91. The van der Waals surface area contributed by atoms with E-state index in [4.69, 9.17) is 17.2 Å². The molecule has 178 valence electrons. The van der Waals surface area contributed by atoms with Gasteiger partial charge in [-0.1, -0.05) is 0 Å². The Morgan fingerprint density at radius 3 is 2.50 bits per heavy atom. The van der Waals surface area contributed by atoms with Gasteiger partial charge in [0.15, 0.2) is 11.2 Å². The average Bonchev–Trinajstić information content (AvgIpc) is 2.78. The first-order valence-electron chi connectivity index (χ1n) is 9.96. The van der Waals surface area contributed by atoms with Gasteiger partial charge < -0.3 is 32.5 Å². The highest BCUT2D eigenvalue weighted by Crippen LogP contribution is 2.16. The van der Waals surface area contributed by atoms with Crippen LogP contribution in [-0.2, 0) is 16.1 Å². The van der Waals surface area contributed by atoms with Gasteiger partial charge in [-0.3, -0.25) is 19.4 Å². The van der Waals surface area contributed by atoms with Crippen LogP contribution in [0.2, 0.25) is 0 Å². The summed E-state index contributed by atoms with van der Waals surface area (Å²) in [5.41, 5.74) is 17.2. The molecule has 34 heavy (non-hydrogen) atoms. The molecular formula is C20H23N9O5. The summed E-state index contributed by atoms with van der Waals surface area (Å²) in [6, 6.07) is 3.75. The van der Waals surface area contributed by atoms with Gasteiger partial charge in [0.25, 0.3) is 11.5 Å². The minimum atomic E-state index is -1.38. The van der Waals surface area contributed by atoms with Gasteiger partial charge in [-0.15, -0.1) is 0 Å². The fourth-order valence-electron chi connectivity index (χ4n) is 3.08. The van der Waals surface area contributed by atoms with Crippen molar-refractivity contribution in [3.8, 4) is 0 Å². The molecule has 2 aromatic heterocycles. The van der Waals surface area contributed by atoms with Crippen LogP contribution >= 0.6 is 0 Å². The lowest BCUT2D eigenvalue weighted by atomic mass is 10.1. The fourth-order valence-corrected chi connectivity index (χ4v) is 3.08. The smallest absolute Gasteiger partial charge is 0.326 e. The number of benzene rings is 1. The number of carbonyl (C=O) groups excluding carboxylic acids is 2. The number of nitrogen functional groups attached to an aromatic ring is 1. The molecule has 0 fully saturated rings. The van der Waals surface area contributed by atoms with E-state index in [-0.39, 0.29) is 29.1 Å². The lowest BCUT2D eigenvalue weighted by Gasteiger charge is -2.20. The molecule has 2 amide bonds. The van der Waals surface area contributed by atoms with Crippen molar-refractivity contribution in [2.24, 2.45) is 11.5 Å². The molecule has 3 aromatic rings. The van der Waals surface area contributed by atoms with Gasteiger partial charge in [0.1, 0.15) is 6.04 Å². The lowest BCUT2D eigenvalue weighted by Crippen LogP contribution is -2.48. The number of carboxylic acid groups (broad SMARTS) is 1. The number of amides is 2. The average molecular weight is 469 g/mol. The Kier molecular flexibility index (Phi) is 7.01. The van der Waals surface area contributed by atoms with E-state index in [0.29, 0.717) is 17.9 Å². The first-order chi connectivity index (χ1) is 16.0. The number of nitrogens with zero attached hydrogens (tertiary/aromatic N) is 4. The highest BCUT2D eigenvalue weighted by molar-refractivity contribution is 5.97. The lowest BCUT2D eigenvalue weighted by molar-refractivity contribution is -0.139. The first kappa shape index (κ1) is 24.1. The van der Waals surface area contributed by atoms with E-state index >= 15 is 0 Å². The van der Waals surface area contributed by atoms with E-state index in [9.17, 15) is 24.3 Å². The second-order valence-corrected chi connectivity index (χ2v) is 7.50. The molecule has 0 radical (unpaired) electrons. The second-order valence-electron chi connectivity index (χ2n) is 7.50. The molecule has 3 rings (SSSR count). The third-order valence-corrected chi connectivity index (χ3v) is 4.91. The molecule has 0 aliphatic rings. The monoisotopic (exact) mass is 469 g/mol. The number of hydrogen-bond acceptors (Lipinski definition) is 10. The minimum absolute atomic E-state index is 0.0498. The van der Waals surface area contributed by atoms with Crippen molar-refractivity contribution >= 4 is 40.6 Å². The first-order valence-corrected chi connectivity index (χ1v) is 9.96. The number of anilines is 2. The van der Waals surface area contributed by atoms with Gasteiger partial charge in [-0.2, -0.15) is 4.98 Å². The number of aliphatic carboxylic acids is 1. The number of nitrogens with one attached hydrogen (secondary N) is 2. The molecule has 14 nitrogen and oxygen atoms in total. The summed E-state index contributed by atoms with van der Waals surface area (Å²) in [6.07, 6.45) is 1.14. The van der Waals surface area contributed by atoms with Crippen molar-refractivity contribution in [3.05, 3.63) is 52.1 Å². The summed E-state index contributed by atoms with van der Waals surface area (Å²) in [5.74, 6) is -2.90. The van der Waals surface area contributed by atoms with Gasteiger partial charge in [0.05, 0.1) is 24.5 Å². The van der Waals surface area contributed by atoms with Gasteiger partial charge in [-0.05, 0) is 24.3 Å². The summed E-state index contributed by atoms with van der Waals surface area (Å²) >= 11 is 0. The van der Waals surface area contributed by atoms with Crippen LogP contribution in [0.15, 0.2) is 35.3 Å². The summed E-state index contributed by atoms with van der Waals surface area (Å²) in [5, 5.41) is 11.6. The highest BCUT2D eigenvalue weighted by atomic mass is 16.4. The highest BCUT2D eigenvalue weighted by Gasteiger charge is 2.25. The summed E-state index contributed by atoms with van der Waals surface area (Å²) < 4.78 is 0. The molecule has 2 atom stereocenters. The maximum absolute atomic E-state index is 12.5. The number of primary amides is 1. The molecule has 0 saturated carbocycles. The van der Waals surface area contributed by atoms with Crippen molar-refractivity contribution in [1.29, 1.82) is 0 Å². The van der Waals surface area contributed by atoms with Crippen molar-refractivity contribution in [2.45, 2.75) is 25.0 Å². The maximum atomic E-state index is 12.5. The van der Waals surface area contributed by atoms with Crippen LogP contribution in [0.25, 0.3) is 11.2 Å². The molecule has 0 aliphatic carbocycles. The van der Waals surface area contributed by atoms with Crippen molar-refractivity contribution in [2.75, 3.05) is 17.7 Å². The molecule has 0 bridgehead atoms. The quantitative estimate of drug-likeness (QED) is 0.207. The number of aromatic amines is 1. The van der Waals surface area contributed by atoms with Crippen LogP contribution in [-0.4, -0.2) is 62.0 Å². The van der Waals surface area contributed by atoms with Crippen molar-refractivity contribution in [1.82, 2.24) is 25.3 Å². The second kappa shape index (κ2) is 9.91. The number of H-pyrrole nitrogens is 1. The molecule has 14 heteroatoms. The number of carboxylic acids is 1. The number of fused-ring (bicyclic) bond motifs is 1. The van der Waals surface area contributed by atoms with E-state index in [1.165, 1.54) is 18.3 Å². The van der Waals surface area contributed by atoms with Crippen LogP contribution in [0.5, 0.6) is 0 Å². The van der Waals surface area contributed by atoms with Crippen LogP contribution < -0.4 is 33.0 Å². The zero-order chi connectivity index (χ0) is 25.0. The van der Waals surface area contributed by atoms with Gasteiger partial charge in [0.2, 0.25) is 11.9 Å². The van der Waals surface area contributed by atoms with E-state index < -0.39 is 35.4 Å². The normalized spacial score (nSPS) is 12.6. The Morgan fingerprint density at radius 1 is 1.21 bits per heavy atom. The van der Waals surface area contributed by atoms with E-state index in [1.54, 1.807) is 19.2 Å².